The molecular formula is C41H58N4O7. The molecule has 0 bridgehead atoms. The van der Waals surface area contributed by atoms with Crippen LogP contribution in [0.15, 0.2) is 66.7 Å². The highest BCUT2D eigenvalue weighted by molar-refractivity contribution is 5.92. The fourth-order valence-corrected chi connectivity index (χ4v) is 5.84. The molecule has 0 radical (unpaired) electrons. The number of amides is 4. The van der Waals surface area contributed by atoms with Crippen LogP contribution in [0.2, 0.25) is 0 Å². The number of carbonyl (C=O) groups is 4. The minimum Gasteiger partial charge on any atom is -0.497 e. The average Bonchev–Trinajstić information content (AvgIpc) is 3.13. The summed E-state index contributed by atoms with van der Waals surface area (Å²) in [6.07, 6.45) is 1.22. The zero-order valence-electron chi connectivity index (χ0n) is 31.6. The van der Waals surface area contributed by atoms with E-state index in [1.165, 1.54) is 0 Å². The van der Waals surface area contributed by atoms with Gasteiger partial charge in [-0.3, -0.25) is 14.4 Å². The van der Waals surface area contributed by atoms with E-state index in [9.17, 15) is 24.3 Å². The molecule has 11 nitrogen and oxygen atoms in total. The van der Waals surface area contributed by atoms with Gasteiger partial charge in [0.15, 0.2) is 0 Å². The monoisotopic (exact) mass is 718 g/mol. The lowest BCUT2D eigenvalue weighted by molar-refractivity contribution is -0.131. The van der Waals surface area contributed by atoms with Gasteiger partial charge in [0.2, 0.25) is 17.7 Å². The Morgan fingerprint density at radius 3 is 2.19 bits per heavy atom. The molecule has 0 saturated heterocycles. The molecule has 52 heavy (non-hydrogen) atoms. The van der Waals surface area contributed by atoms with Crippen molar-refractivity contribution in [3.05, 3.63) is 77.9 Å². The van der Waals surface area contributed by atoms with Crippen molar-refractivity contribution in [1.82, 2.24) is 21.3 Å². The lowest BCUT2D eigenvalue weighted by Crippen LogP contribution is -2.57. The average molecular weight is 719 g/mol. The number of benzene rings is 3. The molecule has 0 saturated carbocycles. The third-order valence-corrected chi connectivity index (χ3v) is 9.18. The normalized spacial score (nSPS) is 14.1. The second-order valence-corrected chi connectivity index (χ2v) is 14.0. The van der Waals surface area contributed by atoms with Crippen molar-refractivity contribution in [2.75, 3.05) is 13.7 Å². The van der Waals surface area contributed by atoms with E-state index in [0.29, 0.717) is 37.5 Å². The quantitative estimate of drug-likeness (QED) is 0.0932. The highest BCUT2D eigenvalue weighted by Crippen LogP contribution is 2.21. The highest BCUT2D eigenvalue weighted by Gasteiger charge is 2.31. The van der Waals surface area contributed by atoms with Gasteiger partial charge in [0.25, 0.3) is 0 Å². The number of fused-ring (bicyclic) bond motifs is 1. The molecule has 0 aliphatic carbocycles. The van der Waals surface area contributed by atoms with Gasteiger partial charge in [-0.2, -0.15) is 0 Å². The zero-order valence-corrected chi connectivity index (χ0v) is 31.6. The Morgan fingerprint density at radius 2 is 1.52 bits per heavy atom. The van der Waals surface area contributed by atoms with Crippen LogP contribution in [0.5, 0.6) is 5.75 Å². The van der Waals surface area contributed by atoms with Gasteiger partial charge in [0.1, 0.15) is 24.4 Å². The van der Waals surface area contributed by atoms with E-state index >= 15 is 0 Å². The van der Waals surface area contributed by atoms with Crippen LogP contribution in [0.4, 0.5) is 4.79 Å². The van der Waals surface area contributed by atoms with Gasteiger partial charge in [-0.1, -0.05) is 108 Å². The lowest BCUT2D eigenvalue weighted by atomic mass is 9.96. The number of methoxy groups -OCH3 is 1. The van der Waals surface area contributed by atoms with Gasteiger partial charge >= 0.3 is 6.09 Å². The van der Waals surface area contributed by atoms with E-state index in [2.05, 4.69) is 21.3 Å². The maximum Gasteiger partial charge on any atom is 0.408 e. The zero-order chi connectivity index (χ0) is 38.0. The summed E-state index contributed by atoms with van der Waals surface area (Å²) in [4.78, 5) is 53.7. The fourth-order valence-electron chi connectivity index (χ4n) is 5.84. The van der Waals surface area contributed by atoms with E-state index in [1.807, 2.05) is 77.1 Å². The maximum absolute atomic E-state index is 14.1. The predicted octanol–water partition coefficient (Wildman–Crippen LogP) is 5.81. The minimum atomic E-state index is -1.12. The SMILES string of the molecule is CCCC[C@H](NC(=O)[C@H](Cc1cccc2ccccc12)NC(=O)OCc1ccc(OC)cc1)C(=O)NC(CC(C)C)C(O)CC(=O)NCC(C)CC. The van der Waals surface area contributed by atoms with Crippen molar-refractivity contribution >= 4 is 34.6 Å². The summed E-state index contributed by atoms with van der Waals surface area (Å²) in [6, 6.07) is 18.0. The third-order valence-electron chi connectivity index (χ3n) is 9.18. The first kappa shape index (κ1) is 41.8. The molecule has 0 heterocycles. The summed E-state index contributed by atoms with van der Waals surface area (Å²) >= 11 is 0. The molecule has 4 amide bonds. The number of alkyl carbamates (subject to hydrolysis) is 1. The number of carbonyl (C=O) groups excluding carboxylic acids is 4. The Kier molecular flexibility index (Phi) is 17.4. The Bertz CT molecular complexity index is 1570. The highest BCUT2D eigenvalue weighted by atomic mass is 16.5. The lowest BCUT2D eigenvalue weighted by Gasteiger charge is -2.29. The van der Waals surface area contributed by atoms with Crippen LogP contribution in [0.1, 0.15) is 84.3 Å². The number of nitrogens with one attached hydrogen (secondary N) is 4. The van der Waals surface area contributed by atoms with Crippen LogP contribution in [0.25, 0.3) is 10.8 Å². The third kappa shape index (κ3) is 13.8. The number of rotatable bonds is 21. The predicted molar refractivity (Wildman–Crippen MR) is 204 cm³/mol. The molecule has 0 aliphatic heterocycles. The summed E-state index contributed by atoms with van der Waals surface area (Å²) in [5, 5.41) is 24.5. The van der Waals surface area contributed by atoms with Crippen molar-refractivity contribution < 1.29 is 33.8 Å². The molecule has 0 aromatic heterocycles. The van der Waals surface area contributed by atoms with E-state index in [-0.39, 0.29) is 31.3 Å². The second-order valence-electron chi connectivity index (χ2n) is 14.0. The van der Waals surface area contributed by atoms with E-state index in [0.717, 1.165) is 34.7 Å². The standard InChI is InChI=1S/C41H58N4O7/c1-7-9-17-34(39(48)44-35(22-27(3)4)37(46)24-38(47)42-25-28(5)8-2)43-40(49)36(23-31-15-12-14-30-13-10-11-16-33(30)31)45-41(50)52-26-29-18-20-32(51-6)21-19-29/h10-16,18-21,27-28,34-37,46H,7-9,17,22-26H2,1-6H3,(H,42,47)(H,43,49)(H,44,48)(H,45,50)/t28?,34-,35?,36-,37?/m0/s1. The minimum absolute atomic E-state index is 0.0187. The number of unbranched alkanes of at least 4 members (excludes halogenated alkanes) is 1. The molecular weight excluding hydrogens is 660 g/mol. The second kappa shape index (κ2) is 21.7. The van der Waals surface area contributed by atoms with Crippen LogP contribution in [-0.4, -0.2) is 66.8 Å². The van der Waals surface area contributed by atoms with Gasteiger partial charge in [0, 0.05) is 13.0 Å². The summed E-state index contributed by atoms with van der Waals surface area (Å²) in [7, 11) is 1.57. The van der Waals surface area contributed by atoms with Crippen LogP contribution < -0.4 is 26.0 Å². The van der Waals surface area contributed by atoms with Crippen molar-refractivity contribution in [3.63, 3.8) is 0 Å². The number of aliphatic hydroxyl groups excluding tert-OH is 1. The van der Waals surface area contributed by atoms with Crippen LogP contribution in [0, 0.1) is 11.8 Å². The molecule has 3 unspecified atom stereocenters. The molecule has 0 fully saturated rings. The van der Waals surface area contributed by atoms with E-state index in [1.54, 1.807) is 31.4 Å². The Morgan fingerprint density at radius 1 is 0.827 bits per heavy atom. The summed E-state index contributed by atoms with van der Waals surface area (Å²) in [5.41, 5.74) is 1.59. The molecule has 0 aliphatic rings. The van der Waals surface area contributed by atoms with Crippen LogP contribution >= 0.6 is 0 Å². The van der Waals surface area contributed by atoms with Crippen LogP contribution in [0.3, 0.4) is 0 Å². The van der Waals surface area contributed by atoms with Gasteiger partial charge in [-0.15, -0.1) is 0 Å². The number of hydrogen-bond donors (Lipinski definition) is 5. The van der Waals surface area contributed by atoms with Gasteiger partial charge in [-0.25, -0.2) is 4.79 Å². The number of ether oxygens (including phenoxy) is 2. The molecule has 3 aromatic rings. The molecule has 5 atom stereocenters. The first-order valence-corrected chi connectivity index (χ1v) is 18.5. The molecule has 3 rings (SSSR count). The van der Waals surface area contributed by atoms with Crippen LogP contribution in [-0.2, 0) is 32.1 Å². The first-order valence-electron chi connectivity index (χ1n) is 18.5. The van der Waals surface area contributed by atoms with Crippen molar-refractivity contribution in [2.45, 2.75) is 110 Å². The topological polar surface area (TPSA) is 155 Å². The maximum atomic E-state index is 14.1. The number of aliphatic hydroxyl groups is 1. The van der Waals surface area contributed by atoms with Crippen molar-refractivity contribution in [2.24, 2.45) is 11.8 Å². The van der Waals surface area contributed by atoms with E-state index < -0.39 is 42.1 Å². The molecule has 284 valence electrons. The Balaban J connectivity index is 1.80. The van der Waals surface area contributed by atoms with Gasteiger partial charge in [0.05, 0.1) is 25.7 Å². The van der Waals surface area contributed by atoms with Gasteiger partial charge < -0.3 is 35.8 Å². The molecule has 11 heteroatoms. The summed E-state index contributed by atoms with van der Waals surface area (Å²) in [6.45, 7) is 10.5. The molecule has 0 spiro atoms. The number of hydrogen-bond acceptors (Lipinski definition) is 7. The van der Waals surface area contributed by atoms with Crippen molar-refractivity contribution in [1.29, 1.82) is 0 Å². The van der Waals surface area contributed by atoms with Crippen molar-refractivity contribution in [3.8, 4) is 5.75 Å². The molecule has 3 aromatic carbocycles. The summed E-state index contributed by atoms with van der Waals surface area (Å²) in [5.74, 6) is -0.190. The van der Waals surface area contributed by atoms with E-state index in [4.69, 9.17) is 9.47 Å². The van der Waals surface area contributed by atoms with Gasteiger partial charge in [-0.05, 0) is 58.7 Å². The Labute approximate surface area is 308 Å². The first-order chi connectivity index (χ1) is 24.9. The fraction of sp³-hybridized carbons (Fsp3) is 0.512. The largest absolute Gasteiger partial charge is 0.497 e. The Hall–Kier alpha value is -4.64. The summed E-state index contributed by atoms with van der Waals surface area (Å²) < 4.78 is 10.7. The molecule has 5 N–H and O–H groups in total. The smallest absolute Gasteiger partial charge is 0.408 e.